The predicted octanol–water partition coefficient (Wildman–Crippen LogP) is 4.54. The van der Waals surface area contributed by atoms with Crippen molar-refractivity contribution in [2.24, 2.45) is 0 Å². The average molecular weight is 307 g/mol. The molecule has 0 aliphatic carbocycles. The summed E-state index contributed by atoms with van der Waals surface area (Å²) in [5, 5.41) is 0. The molecule has 0 aromatic heterocycles. The summed E-state index contributed by atoms with van der Waals surface area (Å²) in [5.41, 5.74) is 2.25. The molecular weight excluding hydrogens is 286 g/mol. The lowest BCUT2D eigenvalue weighted by Gasteiger charge is -2.31. The molecule has 2 aromatic carbocycles. The zero-order chi connectivity index (χ0) is 15.9. The Morgan fingerprint density at radius 2 is 1.65 bits per heavy atom. The van der Waals surface area contributed by atoms with E-state index in [1.54, 1.807) is 4.90 Å². The summed E-state index contributed by atoms with van der Waals surface area (Å²) in [6.45, 7) is 0.308. The fourth-order valence-corrected chi connectivity index (χ4v) is 2.83. The highest BCUT2D eigenvalue weighted by Crippen LogP contribution is 2.20. The minimum Gasteiger partial charge on any atom is -0.444 e. The number of nitrogens with zero attached hydrogens (tertiary/aromatic N) is 1. The summed E-state index contributed by atoms with van der Waals surface area (Å²) in [6.07, 6.45) is 6.44. The van der Waals surface area contributed by atoms with Crippen molar-refractivity contribution < 1.29 is 9.53 Å². The fourth-order valence-electron chi connectivity index (χ4n) is 2.83. The van der Waals surface area contributed by atoms with Crippen LogP contribution in [0.15, 0.2) is 72.9 Å². The number of carbonyl (C=O) groups is 1. The summed E-state index contributed by atoms with van der Waals surface area (Å²) in [5.74, 6) is 0. The van der Waals surface area contributed by atoms with Gasteiger partial charge in [0.2, 0.25) is 0 Å². The van der Waals surface area contributed by atoms with E-state index in [4.69, 9.17) is 4.74 Å². The van der Waals surface area contributed by atoms with Crippen LogP contribution in [0.5, 0.6) is 0 Å². The Bertz CT molecular complexity index is 652. The Kier molecular flexibility index (Phi) is 5.09. The van der Waals surface area contributed by atoms with Crippen LogP contribution in [0.3, 0.4) is 0 Å². The van der Waals surface area contributed by atoms with Gasteiger partial charge in [0.05, 0.1) is 0 Å². The SMILES string of the molecule is O=C(OCc1ccccc1)N1C=CCCC1Cc1ccccc1. The first-order chi connectivity index (χ1) is 11.3. The van der Waals surface area contributed by atoms with Gasteiger partial charge in [0.25, 0.3) is 0 Å². The topological polar surface area (TPSA) is 29.5 Å². The van der Waals surface area contributed by atoms with Crippen molar-refractivity contribution in [3.63, 3.8) is 0 Å². The Morgan fingerprint density at radius 1 is 1.00 bits per heavy atom. The third-order valence-electron chi connectivity index (χ3n) is 4.06. The summed E-state index contributed by atoms with van der Waals surface area (Å²) >= 11 is 0. The standard InChI is InChI=1S/C20H21NO2/c22-20(23-16-18-11-5-2-6-12-18)21-14-8-7-13-19(21)15-17-9-3-1-4-10-17/h1-6,8-12,14,19H,7,13,15-16H2. The molecule has 23 heavy (non-hydrogen) atoms. The van der Waals surface area contributed by atoms with Gasteiger partial charge in [-0.05, 0) is 30.4 Å². The van der Waals surface area contributed by atoms with Crippen molar-refractivity contribution in [3.05, 3.63) is 84.1 Å². The highest BCUT2D eigenvalue weighted by molar-refractivity contribution is 5.69. The molecule has 1 atom stereocenters. The van der Waals surface area contributed by atoms with E-state index in [1.807, 2.05) is 60.8 Å². The molecule has 2 aromatic rings. The first-order valence-corrected chi connectivity index (χ1v) is 8.02. The van der Waals surface area contributed by atoms with Crippen LogP contribution in [0.4, 0.5) is 4.79 Å². The van der Waals surface area contributed by atoms with E-state index in [0.717, 1.165) is 24.8 Å². The maximum absolute atomic E-state index is 12.4. The quantitative estimate of drug-likeness (QED) is 0.829. The van der Waals surface area contributed by atoms with Crippen molar-refractivity contribution in [1.29, 1.82) is 0 Å². The number of hydrogen-bond donors (Lipinski definition) is 0. The maximum Gasteiger partial charge on any atom is 0.414 e. The van der Waals surface area contributed by atoms with Gasteiger partial charge in [-0.15, -0.1) is 0 Å². The van der Waals surface area contributed by atoms with Crippen LogP contribution < -0.4 is 0 Å². The molecule has 3 heteroatoms. The van der Waals surface area contributed by atoms with Gasteiger partial charge in [-0.3, -0.25) is 4.90 Å². The average Bonchev–Trinajstić information content (AvgIpc) is 2.62. The van der Waals surface area contributed by atoms with Crippen LogP contribution in [0, 0.1) is 0 Å². The molecule has 1 heterocycles. The molecule has 3 nitrogen and oxygen atoms in total. The van der Waals surface area contributed by atoms with Crippen molar-refractivity contribution >= 4 is 6.09 Å². The van der Waals surface area contributed by atoms with Gasteiger partial charge < -0.3 is 4.74 Å². The van der Waals surface area contributed by atoms with Crippen molar-refractivity contribution in [1.82, 2.24) is 4.90 Å². The summed E-state index contributed by atoms with van der Waals surface area (Å²) < 4.78 is 5.47. The van der Waals surface area contributed by atoms with E-state index in [-0.39, 0.29) is 12.1 Å². The molecule has 1 aliphatic rings. The molecule has 0 fully saturated rings. The molecule has 3 rings (SSSR count). The second kappa shape index (κ2) is 7.63. The molecule has 1 aliphatic heterocycles. The lowest BCUT2D eigenvalue weighted by Crippen LogP contribution is -2.39. The van der Waals surface area contributed by atoms with Crippen molar-refractivity contribution in [3.8, 4) is 0 Å². The summed E-state index contributed by atoms with van der Waals surface area (Å²) in [7, 11) is 0. The Labute approximate surface area is 137 Å². The van der Waals surface area contributed by atoms with Crippen LogP contribution in [0.1, 0.15) is 24.0 Å². The van der Waals surface area contributed by atoms with Crippen LogP contribution in [-0.2, 0) is 17.8 Å². The number of rotatable bonds is 4. The zero-order valence-electron chi connectivity index (χ0n) is 13.1. The predicted molar refractivity (Wildman–Crippen MR) is 90.8 cm³/mol. The van der Waals surface area contributed by atoms with E-state index >= 15 is 0 Å². The van der Waals surface area contributed by atoms with Crippen LogP contribution in [-0.4, -0.2) is 17.0 Å². The number of ether oxygens (including phenoxy) is 1. The van der Waals surface area contributed by atoms with E-state index in [1.165, 1.54) is 5.56 Å². The van der Waals surface area contributed by atoms with Gasteiger partial charge in [-0.2, -0.15) is 0 Å². The second-order valence-corrected chi connectivity index (χ2v) is 5.75. The number of amides is 1. The highest BCUT2D eigenvalue weighted by atomic mass is 16.6. The number of benzene rings is 2. The monoisotopic (exact) mass is 307 g/mol. The van der Waals surface area contributed by atoms with Gasteiger partial charge in [0.1, 0.15) is 6.61 Å². The van der Waals surface area contributed by atoms with Crippen LogP contribution >= 0.6 is 0 Å². The molecule has 0 spiro atoms. The number of hydrogen-bond acceptors (Lipinski definition) is 2. The minimum absolute atomic E-state index is 0.158. The van der Waals surface area contributed by atoms with Gasteiger partial charge in [-0.25, -0.2) is 4.79 Å². The van der Waals surface area contributed by atoms with Gasteiger partial charge in [-0.1, -0.05) is 66.7 Å². The van der Waals surface area contributed by atoms with Crippen molar-refractivity contribution in [2.45, 2.75) is 31.9 Å². The lowest BCUT2D eigenvalue weighted by atomic mass is 9.99. The van der Waals surface area contributed by atoms with Gasteiger partial charge in [0.15, 0.2) is 0 Å². The maximum atomic E-state index is 12.4. The smallest absolute Gasteiger partial charge is 0.414 e. The Morgan fingerprint density at radius 3 is 2.35 bits per heavy atom. The van der Waals surface area contributed by atoms with E-state index in [2.05, 4.69) is 12.1 Å². The fraction of sp³-hybridized carbons (Fsp3) is 0.250. The first kappa shape index (κ1) is 15.3. The van der Waals surface area contributed by atoms with E-state index in [9.17, 15) is 4.79 Å². The number of allylic oxidation sites excluding steroid dienone is 1. The second-order valence-electron chi connectivity index (χ2n) is 5.75. The Balaban J connectivity index is 1.62. The molecule has 0 N–H and O–H groups in total. The summed E-state index contributed by atoms with van der Waals surface area (Å²) in [6, 6.07) is 20.2. The Hall–Kier alpha value is -2.55. The molecule has 0 saturated carbocycles. The molecule has 0 saturated heterocycles. The largest absolute Gasteiger partial charge is 0.444 e. The lowest BCUT2D eigenvalue weighted by molar-refractivity contribution is 0.0950. The molecule has 0 bridgehead atoms. The minimum atomic E-state index is -0.272. The van der Waals surface area contributed by atoms with E-state index < -0.39 is 0 Å². The zero-order valence-corrected chi connectivity index (χ0v) is 13.1. The summed E-state index contributed by atoms with van der Waals surface area (Å²) in [4.78, 5) is 14.2. The van der Waals surface area contributed by atoms with E-state index in [0.29, 0.717) is 6.61 Å². The van der Waals surface area contributed by atoms with Gasteiger partial charge >= 0.3 is 6.09 Å². The number of carbonyl (C=O) groups excluding carboxylic acids is 1. The van der Waals surface area contributed by atoms with Crippen molar-refractivity contribution in [2.75, 3.05) is 0 Å². The molecular formula is C20H21NO2. The third-order valence-corrected chi connectivity index (χ3v) is 4.06. The molecule has 1 unspecified atom stereocenters. The molecule has 1 amide bonds. The molecule has 118 valence electrons. The van der Waals surface area contributed by atoms with Crippen LogP contribution in [0.25, 0.3) is 0 Å². The third kappa shape index (κ3) is 4.22. The first-order valence-electron chi connectivity index (χ1n) is 8.02. The van der Waals surface area contributed by atoms with Gasteiger partial charge in [0, 0.05) is 12.2 Å². The van der Waals surface area contributed by atoms with Crippen LogP contribution in [0.2, 0.25) is 0 Å². The normalized spacial score (nSPS) is 17.0. The molecule has 0 radical (unpaired) electrons. The highest BCUT2D eigenvalue weighted by Gasteiger charge is 2.25.